The van der Waals surface area contributed by atoms with Crippen LogP contribution in [0.3, 0.4) is 0 Å². The number of ether oxygens (including phenoxy) is 2. The Morgan fingerprint density at radius 2 is 1.66 bits per heavy atom. The lowest BCUT2D eigenvalue weighted by Gasteiger charge is -2.14. The van der Waals surface area contributed by atoms with Crippen molar-refractivity contribution in [1.29, 1.82) is 0 Å². The smallest absolute Gasteiger partial charge is 0.416 e. The Kier molecular flexibility index (Phi) is 6.92. The number of hydrogen-bond acceptors (Lipinski definition) is 5. The molecule has 0 saturated heterocycles. The molecule has 2 aromatic carbocycles. The van der Waals surface area contributed by atoms with Crippen LogP contribution in [0.5, 0.6) is 11.5 Å². The predicted octanol–water partition coefficient (Wildman–Crippen LogP) is 4.44. The van der Waals surface area contributed by atoms with Crippen molar-refractivity contribution in [3.63, 3.8) is 0 Å². The van der Waals surface area contributed by atoms with Crippen molar-refractivity contribution < 1.29 is 35.9 Å². The maximum atomic E-state index is 12.7. The Balaban J connectivity index is 2.27. The van der Waals surface area contributed by atoms with Gasteiger partial charge < -0.3 is 14.8 Å². The summed E-state index contributed by atoms with van der Waals surface area (Å²) in [5, 5.41) is 1.90. The molecule has 0 unspecified atom stereocenters. The fourth-order valence-corrected chi connectivity index (χ4v) is 4.29. The molecule has 0 spiro atoms. The van der Waals surface area contributed by atoms with E-state index in [9.17, 15) is 26.4 Å². The summed E-state index contributed by atoms with van der Waals surface area (Å²) in [5.41, 5.74) is -1.02. The van der Waals surface area contributed by atoms with Crippen molar-refractivity contribution in [2.45, 2.75) is 11.1 Å². The van der Waals surface area contributed by atoms with Crippen LogP contribution in [0.1, 0.15) is 5.56 Å². The Morgan fingerprint density at radius 3 is 2.17 bits per heavy atom. The zero-order valence-corrected chi connectivity index (χ0v) is 17.3. The molecule has 0 atom stereocenters. The lowest BCUT2D eigenvalue weighted by Crippen LogP contribution is -2.23. The van der Waals surface area contributed by atoms with Gasteiger partial charge in [-0.05, 0) is 18.2 Å². The molecule has 0 aliphatic carbocycles. The van der Waals surface area contributed by atoms with Crippen LogP contribution >= 0.6 is 23.2 Å². The number of carbonyl (C=O) groups excluding carboxylic acids is 1. The average Bonchev–Trinajstić information content (AvgIpc) is 2.61. The highest BCUT2D eigenvalue weighted by Crippen LogP contribution is 2.36. The molecule has 0 bridgehead atoms. The summed E-state index contributed by atoms with van der Waals surface area (Å²) >= 11 is 11.7. The summed E-state index contributed by atoms with van der Waals surface area (Å²) in [6.45, 7) is 0. The summed E-state index contributed by atoms with van der Waals surface area (Å²) in [7, 11) is -1.67. The van der Waals surface area contributed by atoms with Crippen LogP contribution in [0.15, 0.2) is 35.2 Å². The summed E-state index contributed by atoms with van der Waals surface area (Å²) in [4.78, 5) is 11.7. The van der Waals surface area contributed by atoms with Gasteiger partial charge in [-0.1, -0.05) is 23.2 Å². The van der Waals surface area contributed by atoms with Gasteiger partial charge >= 0.3 is 6.18 Å². The van der Waals surface area contributed by atoms with Crippen molar-refractivity contribution >= 4 is 44.6 Å². The van der Waals surface area contributed by atoms with E-state index in [1.807, 2.05) is 0 Å². The van der Waals surface area contributed by atoms with Crippen LogP contribution in [0, 0.1) is 0 Å². The second kappa shape index (κ2) is 8.68. The van der Waals surface area contributed by atoms with Gasteiger partial charge in [0.2, 0.25) is 5.91 Å². The molecule has 0 fully saturated rings. The molecule has 0 aliphatic heterocycles. The Bertz CT molecular complexity index is 1040. The Labute approximate surface area is 174 Å². The maximum Gasteiger partial charge on any atom is 0.416 e. The van der Waals surface area contributed by atoms with E-state index >= 15 is 0 Å². The highest BCUT2D eigenvalue weighted by atomic mass is 35.5. The minimum atomic E-state index is -4.69. The number of halogens is 5. The minimum absolute atomic E-state index is 0.0902. The molecule has 2 rings (SSSR count). The lowest BCUT2D eigenvalue weighted by atomic mass is 10.2. The SMILES string of the molecule is COc1cc(NC(=O)CS(=O)(=O)c2ccc(C(F)(F)F)cc2Cl)c(OC)cc1Cl. The molecule has 0 aromatic heterocycles. The first-order valence-corrected chi connectivity index (χ1v) is 10.1. The van der Waals surface area contributed by atoms with E-state index in [2.05, 4.69) is 5.32 Å². The number of nitrogens with one attached hydrogen (secondary N) is 1. The van der Waals surface area contributed by atoms with E-state index in [1.54, 1.807) is 0 Å². The van der Waals surface area contributed by atoms with Gasteiger partial charge in [-0.2, -0.15) is 13.2 Å². The van der Waals surface area contributed by atoms with E-state index in [-0.39, 0.29) is 22.2 Å². The second-order valence-corrected chi connectivity index (χ2v) is 8.41. The molecule has 1 amide bonds. The number of methoxy groups -OCH3 is 2. The number of anilines is 1. The van der Waals surface area contributed by atoms with Gasteiger partial charge in [0.25, 0.3) is 0 Å². The van der Waals surface area contributed by atoms with Crippen molar-refractivity contribution in [3.8, 4) is 11.5 Å². The average molecular weight is 472 g/mol. The van der Waals surface area contributed by atoms with Crippen molar-refractivity contribution in [3.05, 3.63) is 45.9 Å². The summed E-state index contributed by atoms with van der Waals surface area (Å²) < 4.78 is 73.1. The van der Waals surface area contributed by atoms with E-state index in [0.717, 1.165) is 0 Å². The zero-order valence-electron chi connectivity index (χ0n) is 14.9. The molecular formula is C17H14Cl2F3NO5S. The van der Waals surface area contributed by atoms with E-state index in [0.29, 0.717) is 18.2 Å². The molecule has 29 heavy (non-hydrogen) atoms. The maximum absolute atomic E-state index is 12.7. The third-order valence-corrected chi connectivity index (χ3v) is 6.05. The molecule has 12 heteroatoms. The lowest BCUT2D eigenvalue weighted by molar-refractivity contribution is -0.137. The van der Waals surface area contributed by atoms with Gasteiger partial charge in [-0.15, -0.1) is 0 Å². The standard InChI is InChI=1S/C17H14Cl2F3NO5S/c1-27-13-7-12(14(28-2)6-10(13)18)23-16(24)8-29(25,26)15-4-3-9(5-11(15)19)17(20,21)22/h3-7H,8H2,1-2H3,(H,23,24). The molecule has 0 aliphatic rings. The second-order valence-electron chi connectivity index (χ2n) is 5.64. The van der Waals surface area contributed by atoms with Crippen molar-refractivity contribution in [1.82, 2.24) is 0 Å². The van der Waals surface area contributed by atoms with E-state index < -0.39 is 43.2 Å². The molecule has 158 valence electrons. The fourth-order valence-electron chi connectivity index (χ4n) is 2.32. The first-order chi connectivity index (χ1) is 13.4. The van der Waals surface area contributed by atoms with Gasteiger partial charge in [0.15, 0.2) is 9.84 Å². The highest BCUT2D eigenvalue weighted by Gasteiger charge is 2.32. The van der Waals surface area contributed by atoms with Crippen LogP contribution < -0.4 is 14.8 Å². The van der Waals surface area contributed by atoms with E-state index in [4.69, 9.17) is 32.7 Å². The molecule has 2 aromatic rings. The summed E-state index contributed by atoms with van der Waals surface area (Å²) in [6, 6.07) is 4.46. The van der Waals surface area contributed by atoms with Gasteiger partial charge in [0, 0.05) is 12.1 Å². The molecule has 0 heterocycles. The third-order valence-electron chi connectivity index (χ3n) is 3.66. The van der Waals surface area contributed by atoms with Crippen LogP contribution in [0.25, 0.3) is 0 Å². The topological polar surface area (TPSA) is 81.7 Å². The number of carbonyl (C=O) groups is 1. The van der Waals surface area contributed by atoms with Gasteiger partial charge in [-0.3, -0.25) is 4.79 Å². The van der Waals surface area contributed by atoms with Gasteiger partial charge in [-0.25, -0.2) is 8.42 Å². The Morgan fingerprint density at radius 1 is 1.03 bits per heavy atom. The van der Waals surface area contributed by atoms with Gasteiger partial charge in [0.1, 0.15) is 17.3 Å². The summed E-state index contributed by atoms with van der Waals surface area (Å²) in [6.07, 6.45) is -4.69. The number of amides is 1. The third kappa shape index (κ3) is 5.46. The number of sulfone groups is 1. The fraction of sp³-hybridized carbons (Fsp3) is 0.235. The monoisotopic (exact) mass is 471 g/mol. The Hall–Kier alpha value is -2.17. The van der Waals surface area contributed by atoms with Crippen molar-refractivity contribution in [2.75, 3.05) is 25.3 Å². The summed E-state index contributed by atoms with van der Waals surface area (Å²) in [5.74, 6) is -1.68. The molecule has 1 N–H and O–H groups in total. The minimum Gasteiger partial charge on any atom is -0.495 e. The van der Waals surface area contributed by atoms with Gasteiger partial charge in [0.05, 0.1) is 40.4 Å². The first kappa shape index (κ1) is 23.1. The zero-order chi connectivity index (χ0) is 22.0. The largest absolute Gasteiger partial charge is 0.495 e. The molecule has 0 saturated carbocycles. The highest BCUT2D eigenvalue weighted by molar-refractivity contribution is 7.92. The molecule has 0 radical (unpaired) electrons. The van der Waals surface area contributed by atoms with Crippen molar-refractivity contribution in [2.24, 2.45) is 0 Å². The molecule has 6 nitrogen and oxygen atoms in total. The normalized spacial score (nSPS) is 11.8. The molecular weight excluding hydrogens is 458 g/mol. The van der Waals surface area contributed by atoms with E-state index in [1.165, 1.54) is 26.4 Å². The number of rotatable bonds is 6. The quantitative estimate of drug-likeness (QED) is 0.673. The van der Waals surface area contributed by atoms with Crippen LogP contribution in [0.4, 0.5) is 18.9 Å². The number of benzene rings is 2. The van der Waals surface area contributed by atoms with Crippen LogP contribution in [0.2, 0.25) is 10.0 Å². The van der Waals surface area contributed by atoms with Crippen LogP contribution in [-0.4, -0.2) is 34.3 Å². The number of hydrogen-bond donors (Lipinski definition) is 1. The number of alkyl halides is 3. The first-order valence-electron chi connectivity index (χ1n) is 7.70. The van der Waals surface area contributed by atoms with Crippen LogP contribution in [-0.2, 0) is 20.8 Å². The predicted molar refractivity (Wildman–Crippen MR) is 102 cm³/mol.